The SMILES string of the molecule is Cc1ccc(-c2cc3c(c(=O)o2)CCO3)cc1. The maximum atomic E-state index is 11.7. The van der Waals surface area contributed by atoms with E-state index in [4.69, 9.17) is 9.15 Å². The Morgan fingerprint density at radius 3 is 2.71 bits per heavy atom. The van der Waals surface area contributed by atoms with Crippen molar-refractivity contribution >= 4 is 0 Å². The maximum Gasteiger partial charge on any atom is 0.343 e. The lowest BCUT2D eigenvalue weighted by Gasteiger charge is -2.03. The Morgan fingerprint density at radius 1 is 1.18 bits per heavy atom. The summed E-state index contributed by atoms with van der Waals surface area (Å²) in [6.07, 6.45) is 0.645. The molecule has 0 fully saturated rings. The molecule has 0 amide bonds. The standard InChI is InChI=1S/C14H12O3/c1-9-2-4-10(5-3-9)12-8-13-11(6-7-16-13)14(15)17-12/h2-5,8H,6-7H2,1H3. The number of rotatable bonds is 1. The van der Waals surface area contributed by atoms with Gasteiger partial charge in [-0.15, -0.1) is 0 Å². The van der Waals surface area contributed by atoms with Crippen LogP contribution in [0.1, 0.15) is 11.1 Å². The van der Waals surface area contributed by atoms with E-state index in [0.717, 1.165) is 5.56 Å². The third kappa shape index (κ3) is 1.73. The van der Waals surface area contributed by atoms with Crippen LogP contribution < -0.4 is 10.4 Å². The van der Waals surface area contributed by atoms with Crippen molar-refractivity contribution in [1.29, 1.82) is 0 Å². The van der Waals surface area contributed by atoms with Crippen molar-refractivity contribution in [3.05, 3.63) is 51.9 Å². The van der Waals surface area contributed by atoms with Crippen LogP contribution >= 0.6 is 0 Å². The van der Waals surface area contributed by atoms with Crippen molar-refractivity contribution in [2.24, 2.45) is 0 Å². The van der Waals surface area contributed by atoms with Gasteiger partial charge in [-0.3, -0.25) is 0 Å². The minimum atomic E-state index is -0.282. The Morgan fingerprint density at radius 2 is 1.94 bits per heavy atom. The quantitative estimate of drug-likeness (QED) is 0.753. The average Bonchev–Trinajstić information content (AvgIpc) is 2.78. The Bertz CT molecular complexity index is 608. The minimum Gasteiger partial charge on any atom is -0.493 e. The van der Waals surface area contributed by atoms with E-state index in [1.165, 1.54) is 5.56 Å². The normalized spacial score (nSPS) is 13.2. The molecule has 1 aromatic carbocycles. The monoisotopic (exact) mass is 228 g/mol. The molecular formula is C14H12O3. The molecule has 86 valence electrons. The molecule has 0 unspecified atom stereocenters. The summed E-state index contributed by atoms with van der Waals surface area (Å²) in [4.78, 5) is 11.7. The van der Waals surface area contributed by atoms with Crippen LogP contribution in [0.4, 0.5) is 0 Å². The van der Waals surface area contributed by atoms with Crippen LogP contribution in [0.5, 0.6) is 5.75 Å². The van der Waals surface area contributed by atoms with Gasteiger partial charge in [0.25, 0.3) is 0 Å². The van der Waals surface area contributed by atoms with Crippen LogP contribution in [0.2, 0.25) is 0 Å². The first-order valence-electron chi connectivity index (χ1n) is 5.61. The van der Waals surface area contributed by atoms with Crippen molar-refractivity contribution in [3.8, 4) is 17.1 Å². The summed E-state index contributed by atoms with van der Waals surface area (Å²) in [6, 6.07) is 9.66. The second-order valence-electron chi connectivity index (χ2n) is 4.21. The molecule has 0 bridgehead atoms. The van der Waals surface area contributed by atoms with Gasteiger partial charge in [-0.05, 0) is 6.92 Å². The molecular weight excluding hydrogens is 216 g/mol. The number of hydrogen-bond donors (Lipinski definition) is 0. The fourth-order valence-electron chi connectivity index (χ4n) is 1.97. The van der Waals surface area contributed by atoms with E-state index in [0.29, 0.717) is 30.1 Å². The van der Waals surface area contributed by atoms with Gasteiger partial charge in [0.2, 0.25) is 0 Å². The zero-order valence-corrected chi connectivity index (χ0v) is 9.53. The first-order chi connectivity index (χ1) is 8.24. The lowest BCUT2D eigenvalue weighted by molar-refractivity contribution is 0.356. The Balaban J connectivity index is 2.13. The van der Waals surface area contributed by atoms with Crippen LogP contribution in [0.15, 0.2) is 39.5 Å². The topological polar surface area (TPSA) is 39.4 Å². The number of hydrogen-bond acceptors (Lipinski definition) is 3. The van der Waals surface area contributed by atoms with E-state index in [1.54, 1.807) is 6.07 Å². The molecule has 0 saturated carbocycles. The van der Waals surface area contributed by atoms with Crippen molar-refractivity contribution in [3.63, 3.8) is 0 Å². The molecule has 2 aromatic rings. The number of ether oxygens (including phenoxy) is 1. The molecule has 3 nitrogen and oxygen atoms in total. The van der Waals surface area contributed by atoms with Crippen LogP contribution in [0.25, 0.3) is 11.3 Å². The van der Waals surface area contributed by atoms with E-state index in [2.05, 4.69) is 0 Å². The fourth-order valence-corrected chi connectivity index (χ4v) is 1.97. The summed E-state index contributed by atoms with van der Waals surface area (Å²) in [5.74, 6) is 1.23. The molecule has 0 N–H and O–H groups in total. The summed E-state index contributed by atoms with van der Waals surface area (Å²) >= 11 is 0. The lowest BCUT2D eigenvalue weighted by atomic mass is 10.1. The van der Waals surface area contributed by atoms with Crippen molar-refractivity contribution in [2.45, 2.75) is 13.3 Å². The highest BCUT2D eigenvalue weighted by Crippen LogP contribution is 2.28. The number of aryl methyl sites for hydroxylation is 1. The molecule has 17 heavy (non-hydrogen) atoms. The Kier molecular flexibility index (Phi) is 2.25. The molecule has 1 aromatic heterocycles. The van der Waals surface area contributed by atoms with Gasteiger partial charge in [0.05, 0.1) is 12.2 Å². The van der Waals surface area contributed by atoms with Crippen LogP contribution in [-0.2, 0) is 6.42 Å². The van der Waals surface area contributed by atoms with E-state index < -0.39 is 0 Å². The largest absolute Gasteiger partial charge is 0.493 e. The molecule has 1 aliphatic heterocycles. The van der Waals surface area contributed by atoms with Crippen LogP contribution in [0, 0.1) is 6.92 Å². The fraction of sp³-hybridized carbons (Fsp3) is 0.214. The Hall–Kier alpha value is -2.03. The van der Waals surface area contributed by atoms with Crippen molar-refractivity contribution in [2.75, 3.05) is 6.61 Å². The van der Waals surface area contributed by atoms with E-state index in [-0.39, 0.29) is 5.63 Å². The van der Waals surface area contributed by atoms with Crippen molar-refractivity contribution < 1.29 is 9.15 Å². The van der Waals surface area contributed by atoms with Gasteiger partial charge >= 0.3 is 5.63 Å². The highest BCUT2D eigenvalue weighted by Gasteiger charge is 2.19. The average molecular weight is 228 g/mol. The van der Waals surface area contributed by atoms with E-state index >= 15 is 0 Å². The van der Waals surface area contributed by atoms with Crippen LogP contribution in [-0.4, -0.2) is 6.61 Å². The molecule has 1 aliphatic rings. The summed E-state index contributed by atoms with van der Waals surface area (Å²) in [6.45, 7) is 2.59. The van der Waals surface area contributed by atoms with Gasteiger partial charge in [0, 0.05) is 18.1 Å². The maximum absolute atomic E-state index is 11.7. The molecule has 2 heterocycles. The molecule has 0 saturated heterocycles. The molecule has 0 atom stereocenters. The third-order valence-electron chi connectivity index (χ3n) is 2.95. The second kappa shape index (κ2) is 3.77. The van der Waals surface area contributed by atoms with Gasteiger partial charge in [-0.1, -0.05) is 29.8 Å². The highest BCUT2D eigenvalue weighted by molar-refractivity contribution is 5.60. The molecule has 0 spiro atoms. The smallest absolute Gasteiger partial charge is 0.343 e. The predicted octanol–water partition coefficient (Wildman–Crippen LogP) is 2.55. The Labute approximate surface area is 98.7 Å². The van der Waals surface area contributed by atoms with E-state index in [9.17, 15) is 4.79 Å². The zero-order chi connectivity index (χ0) is 11.8. The van der Waals surface area contributed by atoms with E-state index in [1.807, 2.05) is 31.2 Å². The van der Waals surface area contributed by atoms with Crippen molar-refractivity contribution in [1.82, 2.24) is 0 Å². The molecule has 3 heteroatoms. The third-order valence-corrected chi connectivity index (χ3v) is 2.95. The van der Waals surface area contributed by atoms with Gasteiger partial charge in [0.15, 0.2) is 0 Å². The zero-order valence-electron chi connectivity index (χ0n) is 9.53. The molecule has 3 rings (SSSR count). The number of benzene rings is 1. The second-order valence-corrected chi connectivity index (χ2v) is 4.21. The summed E-state index contributed by atoms with van der Waals surface area (Å²) in [5.41, 5.74) is 2.44. The molecule has 0 radical (unpaired) electrons. The van der Waals surface area contributed by atoms with Gasteiger partial charge < -0.3 is 9.15 Å². The van der Waals surface area contributed by atoms with Gasteiger partial charge in [-0.2, -0.15) is 0 Å². The summed E-state index contributed by atoms with van der Waals surface area (Å²) in [5, 5.41) is 0. The summed E-state index contributed by atoms with van der Waals surface area (Å²) < 4.78 is 10.7. The predicted molar refractivity (Wildman–Crippen MR) is 64.4 cm³/mol. The molecule has 0 aliphatic carbocycles. The first-order valence-corrected chi connectivity index (χ1v) is 5.61. The highest BCUT2D eigenvalue weighted by atomic mass is 16.5. The van der Waals surface area contributed by atoms with Gasteiger partial charge in [-0.25, -0.2) is 4.79 Å². The summed E-state index contributed by atoms with van der Waals surface area (Å²) in [7, 11) is 0. The lowest BCUT2D eigenvalue weighted by Crippen LogP contribution is -2.04. The number of fused-ring (bicyclic) bond motifs is 1. The first kappa shape index (κ1) is 10.1. The van der Waals surface area contributed by atoms with Gasteiger partial charge in [0.1, 0.15) is 11.5 Å². The van der Waals surface area contributed by atoms with Crippen LogP contribution in [0.3, 0.4) is 0 Å². The minimum absolute atomic E-state index is 0.282.